The van der Waals surface area contributed by atoms with Gasteiger partial charge in [0.15, 0.2) is 5.76 Å². The molecule has 1 amide bonds. The van der Waals surface area contributed by atoms with Crippen LogP contribution in [0.4, 0.5) is 10.5 Å². The van der Waals surface area contributed by atoms with Gasteiger partial charge < -0.3 is 9.63 Å². The van der Waals surface area contributed by atoms with Crippen LogP contribution in [0.3, 0.4) is 0 Å². The summed E-state index contributed by atoms with van der Waals surface area (Å²) in [6, 6.07) is 16.9. The number of carboxylic acid groups (broad SMARTS) is 1. The molecule has 25 heavy (non-hydrogen) atoms. The summed E-state index contributed by atoms with van der Waals surface area (Å²) in [6.07, 6.45) is -1.04. The minimum absolute atomic E-state index is 0.376. The van der Waals surface area contributed by atoms with E-state index in [1.54, 1.807) is 6.92 Å². The van der Waals surface area contributed by atoms with Gasteiger partial charge in [0.1, 0.15) is 11.4 Å². The molecule has 1 heterocycles. The highest BCUT2D eigenvalue weighted by atomic mass is 16.5. The van der Waals surface area contributed by atoms with Crippen LogP contribution in [0.5, 0.6) is 0 Å². The number of aryl methyl sites for hydroxylation is 2. The molecule has 1 unspecified atom stereocenters. The van der Waals surface area contributed by atoms with Crippen LogP contribution >= 0.6 is 0 Å². The molecule has 0 bridgehead atoms. The maximum atomic E-state index is 12.1. The number of amides is 1. The molecule has 0 spiro atoms. The lowest BCUT2D eigenvalue weighted by Crippen LogP contribution is -2.33. The first-order valence-corrected chi connectivity index (χ1v) is 8.10. The lowest BCUT2D eigenvalue weighted by Gasteiger charge is -2.27. The molecule has 0 aliphatic heterocycles. The summed E-state index contributed by atoms with van der Waals surface area (Å²) >= 11 is 0. The summed E-state index contributed by atoms with van der Waals surface area (Å²) in [4.78, 5) is 13.4. The molecule has 128 valence electrons. The lowest BCUT2D eigenvalue weighted by atomic mass is 10.00. The van der Waals surface area contributed by atoms with Crippen molar-refractivity contribution >= 4 is 11.8 Å². The minimum Gasteiger partial charge on any atom is -0.465 e. The fourth-order valence-electron chi connectivity index (χ4n) is 3.09. The number of hydrogen-bond acceptors (Lipinski definition) is 3. The van der Waals surface area contributed by atoms with Gasteiger partial charge in [-0.25, -0.2) is 4.79 Å². The quantitative estimate of drug-likeness (QED) is 0.710. The van der Waals surface area contributed by atoms with Crippen molar-refractivity contribution in [3.63, 3.8) is 0 Å². The van der Waals surface area contributed by atoms with Gasteiger partial charge in [0, 0.05) is 5.56 Å². The molecule has 0 saturated heterocycles. The van der Waals surface area contributed by atoms with E-state index in [0.717, 1.165) is 16.7 Å². The van der Waals surface area contributed by atoms with E-state index in [4.69, 9.17) is 4.52 Å². The number of carbonyl (C=O) groups is 1. The maximum Gasteiger partial charge on any atom is 0.412 e. The highest BCUT2D eigenvalue weighted by molar-refractivity contribution is 5.93. The van der Waals surface area contributed by atoms with E-state index in [-0.39, 0.29) is 6.04 Å². The third-order valence-electron chi connectivity index (χ3n) is 4.35. The fourth-order valence-corrected chi connectivity index (χ4v) is 3.09. The predicted molar refractivity (Wildman–Crippen MR) is 96.8 cm³/mol. The maximum absolute atomic E-state index is 12.1. The molecule has 0 fully saturated rings. The number of nitrogens with zero attached hydrogens (tertiary/aromatic N) is 2. The van der Waals surface area contributed by atoms with Gasteiger partial charge in [-0.3, -0.25) is 4.90 Å². The molecular weight excluding hydrogens is 316 g/mol. The summed E-state index contributed by atoms with van der Waals surface area (Å²) in [7, 11) is 0. The van der Waals surface area contributed by atoms with E-state index >= 15 is 0 Å². The van der Waals surface area contributed by atoms with Crippen molar-refractivity contribution in [2.75, 3.05) is 4.90 Å². The van der Waals surface area contributed by atoms with Crippen LogP contribution in [0, 0.1) is 13.8 Å². The van der Waals surface area contributed by atoms with Crippen LogP contribution in [0.25, 0.3) is 11.3 Å². The molecule has 5 heteroatoms. The van der Waals surface area contributed by atoms with Gasteiger partial charge in [0.05, 0.1) is 6.04 Å². The second-order valence-corrected chi connectivity index (χ2v) is 5.99. The normalized spacial score (nSPS) is 12.0. The van der Waals surface area contributed by atoms with Crippen LogP contribution in [0.15, 0.2) is 59.1 Å². The Morgan fingerprint density at radius 3 is 2.36 bits per heavy atom. The summed E-state index contributed by atoms with van der Waals surface area (Å²) in [5, 5.41) is 14.0. The molecule has 1 aromatic heterocycles. The zero-order valence-electron chi connectivity index (χ0n) is 14.4. The second-order valence-electron chi connectivity index (χ2n) is 5.99. The third kappa shape index (κ3) is 3.13. The molecule has 1 atom stereocenters. The SMILES string of the molecule is Cc1ccccc1C(C)N(C(=O)O)c1c(-c2ccccc2)noc1C. The summed E-state index contributed by atoms with van der Waals surface area (Å²) in [5.41, 5.74) is 3.81. The van der Waals surface area contributed by atoms with Crippen molar-refractivity contribution in [3.05, 3.63) is 71.5 Å². The number of anilines is 1. The highest BCUT2D eigenvalue weighted by Crippen LogP contribution is 2.38. The molecule has 2 aromatic carbocycles. The molecular formula is C20H20N2O3. The number of rotatable bonds is 4. The van der Waals surface area contributed by atoms with Gasteiger partial charge in [-0.15, -0.1) is 0 Å². The highest BCUT2D eigenvalue weighted by Gasteiger charge is 2.30. The number of aromatic nitrogens is 1. The molecule has 0 radical (unpaired) electrons. The molecule has 3 aromatic rings. The molecule has 3 rings (SSSR count). The van der Waals surface area contributed by atoms with E-state index in [2.05, 4.69) is 5.16 Å². The third-order valence-corrected chi connectivity index (χ3v) is 4.35. The van der Waals surface area contributed by atoms with Gasteiger partial charge in [-0.2, -0.15) is 0 Å². The van der Waals surface area contributed by atoms with Gasteiger partial charge in [0.25, 0.3) is 0 Å². The Bertz CT molecular complexity index is 887. The minimum atomic E-state index is -1.04. The average Bonchev–Trinajstić information content (AvgIpc) is 2.97. The zero-order valence-corrected chi connectivity index (χ0v) is 14.4. The Hall–Kier alpha value is -3.08. The summed E-state index contributed by atoms with van der Waals surface area (Å²) in [6.45, 7) is 5.58. The van der Waals surface area contributed by atoms with Crippen LogP contribution in [-0.4, -0.2) is 16.4 Å². The Morgan fingerprint density at radius 2 is 1.72 bits per heavy atom. The van der Waals surface area contributed by atoms with Crippen LogP contribution < -0.4 is 4.90 Å². The van der Waals surface area contributed by atoms with E-state index in [0.29, 0.717) is 17.1 Å². The fraction of sp³-hybridized carbons (Fsp3) is 0.200. The Balaban J connectivity index is 2.13. The van der Waals surface area contributed by atoms with Crippen LogP contribution in [0.2, 0.25) is 0 Å². The first-order chi connectivity index (χ1) is 12.0. The van der Waals surface area contributed by atoms with Crippen molar-refractivity contribution in [2.45, 2.75) is 26.8 Å². The van der Waals surface area contributed by atoms with E-state index in [1.807, 2.05) is 68.4 Å². The Morgan fingerprint density at radius 1 is 1.08 bits per heavy atom. The van der Waals surface area contributed by atoms with Gasteiger partial charge >= 0.3 is 6.09 Å². The zero-order chi connectivity index (χ0) is 18.0. The second kappa shape index (κ2) is 6.81. The van der Waals surface area contributed by atoms with Crippen molar-refractivity contribution in [3.8, 4) is 11.3 Å². The van der Waals surface area contributed by atoms with Crippen molar-refractivity contribution < 1.29 is 14.4 Å². The van der Waals surface area contributed by atoms with E-state index in [9.17, 15) is 9.90 Å². The monoisotopic (exact) mass is 336 g/mol. The Kier molecular flexibility index (Phi) is 4.57. The Labute approximate surface area is 146 Å². The van der Waals surface area contributed by atoms with E-state index in [1.165, 1.54) is 4.90 Å². The predicted octanol–water partition coefficient (Wildman–Crippen LogP) is 5.20. The smallest absolute Gasteiger partial charge is 0.412 e. The molecule has 0 aliphatic rings. The van der Waals surface area contributed by atoms with Gasteiger partial charge in [0.2, 0.25) is 0 Å². The molecule has 0 saturated carbocycles. The van der Waals surface area contributed by atoms with Crippen LogP contribution in [-0.2, 0) is 0 Å². The molecule has 5 nitrogen and oxygen atoms in total. The van der Waals surface area contributed by atoms with Crippen LogP contribution in [0.1, 0.15) is 29.9 Å². The lowest BCUT2D eigenvalue weighted by molar-refractivity contribution is 0.199. The van der Waals surface area contributed by atoms with Gasteiger partial charge in [-0.1, -0.05) is 59.8 Å². The van der Waals surface area contributed by atoms with Crippen molar-refractivity contribution in [2.24, 2.45) is 0 Å². The average molecular weight is 336 g/mol. The first-order valence-electron chi connectivity index (χ1n) is 8.10. The number of benzene rings is 2. The van der Waals surface area contributed by atoms with Crippen molar-refractivity contribution in [1.82, 2.24) is 5.16 Å². The van der Waals surface area contributed by atoms with Crippen molar-refractivity contribution in [1.29, 1.82) is 0 Å². The molecule has 0 aliphatic carbocycles. The topological polar surface area (TPSA) is 66.6 Å². The largest absolute Gasteiger partial charge is 0.465 e. The standard InChI is InChI=1S/C20H20N2O3/c1-13-9-7-8-12-17(13)14(2)22(20(23)24)19-15(3)25-21-18(19)16-10-5-4-6-11-16/h4-12,14H,1-3H3,(H,23,24). The van der Waals surface area contributed by atoms with E-state index < -0.39 is 6.09 Å². The first kappa shape index (κ1) is 16.8. The van der Waals surface area contributed by atoms with Gasteiger partial charge in [-0.05, 0) is 31.9 Å². The number of hydrogen-bond donors (Lipinski definition) is 1. The molecule has 1 N–H and O–H groups in total. The summed E-state index contributed by atoms with van der Waals surface area (Å²) in [5.74, 6) is 0.474. The summed E-state index contributed by atoms with van der Waals surface area (Å²) < 4.78 is 5.34.